The monoisotopic (exact) mass is 373 g/mol. The summed E-state index contributed by atoms with van der Waals surface area (Å²) < 4.78 is 14.9. The maximum atomic E-state index is 12.5. The lowest BCUT2D eigenvalue weighted by Crippen LogP contribution is -2.49. The minimum atomic E-state index is -2.07. The van der Waals surface area contributed by atoms with Gasteiger partial charge in [-0.25, -0.2) is 0 Å². The Morgan fingerprint density at radius 2 is 1.19 bits per heavy atom. The number of unbranched alkanes of at least 4 members (excludes halogenated alkanes) is 4. The summed E-state index contributed by atoms with van der Waals surface area (Å²) in [7, 11) is 0. The van der Waals surface area contributed by atoms with E-state index in [1.807, 2.05) is 0 Å². The van der Waals surface area contributed by atoms with E-state index in [9.17, 15) is 19.2 Å². The molecule has 0 aliphatic carbocycles. The van der Waals surface area contributed by atoms with Crippen molar-refractivity contribution in [2.45, 2.75) is 59.3 Å². The molecule has 0 aromatic rings. The van der Waals surface area contributed by atoms with E-state index < -0.39 is 23.3 Å². The van der Waals surface area contributed by atoms with E-state index in [0.717, 1.165) is 25.7 Å². The Hall–Kier alpha value is -2.12. The molecule has 0 aliphatic rings. The van der Waals surface area contributed by atoms with Gasteiger partial charge in [-0.05, 0) is 33.6 Å². The maximum absolute atomic E-state index is 12.5. The van der Waals surface area contributed by atoms with Crippen molar-refractivity contribution in [3.05, 3.63) is 0 Å². The summed E-state index contributed by atoms with van der Waals surface area (Å²) in [6.07, 6.45) is 4.43. The fourth-order valence-electron chi connectivity index (χ4n) is 2.53. The summed E-state index contributed by atoms with van der Waals surface area (Å²) in [6, 6.07) is 0. The van der Waals surface area contributed by atoms with Crippen LogP contribution in [-0.4, -0.2) is 50.7 Å². The molecule has 0 heterocycles. The molecule has 8 heteroatoms. The number of rotatable bonds is 15. The Morgan fingerprint density at radius 3 is 1.62 bits per heavy atom. The molecule has 1 N–H and O–H groups in total. The van der Waals surface area contributed by atoms with Crippen LogP contribution in [0.3, 0.4) is 0 Å². The van der Waals surface area contributed by atoms with Crippen LogP contribution in [0.5, 0.6) is 0 Å². The second-order valence-corrected chi connectivity index (χ2v) is 5.66. The Bertz CT molecular complexity index is 405. The fourth-order valence-corrected chi connectivity index (χ4v) is 2.53. The molecular weight excluding hydrogens is 342 g/mol. The average Bonchev–Trinajstić information content (AvgIpc) is 2.61. The molecule has 8 nitrogen and oxygen atoms in total. The van der Waals surface area contributed by atoms with Crippen LogP contribution in [0.4, 0.5) is 0 Å². The van der Waals surface area contributed by atoms with Gasteiger partial charge in [-0.2, -0.15) is 0 Å². The lowest BCUT2D eigenvalue weighted by Gasteiger charge is -2.27. The molecule has 0 atom stereocenters. The molecule has 0 unspecified atom stereocenters. The summed E-state index contributed by atoms with van der Waals surface area (Å²) >= 11 is 0. The van der Waals surface area contributed by atoms with E-state index in [0.29, 0.717) is 19.4 Å². The van der Waals surface area contributed by atoms with Gasteiger partial charge in [-0.1, -0.05) is 25.7 Å². The summed E-state index contributed by atoms with van der Waals surface area (Å²) in [5.74, 6) is -2.77. The first kappa shape index (κ1) is 23.9. The van der Waals surface area contributed by atoms with Crippen molar-refractivity contribution in [2.24, 2.45) is 5.41 Å². The molecule has 0 fully saturated rings. The first-order valence-electron chi connectivity index (χ1n) is 9.19. The molecule has 0 bridgehead atoms. The van der Waals surface area contributed by atoms with Crippen molar-refractivity contribution in [3.8, 4) is 0 Å². The van der Waals surface area contributed by atoms with Crippen LogP contribution in [0, 0.1) is 5.41 Å². The van der Waals surface area contributed by atoms with E-state index in [1.165, 1.54) is 0 Å². The second-order valence-electron chi connectivity index (χ2n) is 5.66. The zero-order valence-corrected chi connectivity index (χ0v) is 16.0. The van der Waals surface area contributed by atoms with Gasteiger partial charge >= 0.3 is 17.9 Å². The third kappa shape index (κ3) is 7.41. The Balaban J connectivity index is 4.99. The smallest absolute Gasteiger partial charge is 0.335 e. The maximum Gasteiger partial charge on any atom is 0.335 e. The Kier molecular flexibility index (Phi) is 12.9. The molecule has 0 saturated carbocycles. The molecule has 0 aromatic heterocycles. The highest BCUT2D eigenvalue weighted by atomic mass is 16.6. The molecule has 0 spiro atoms. The summed E-state index contributed by atoms with van der Waals surface area (Å²) in [4.78, 5) is 47.6. The molecule has 0 rings (SSSR count). The molecule has 0 saturated heterocycles. The first-order chi connectivity index (χ1) is 12.5. The van der Waals surface area contributed by atoms with Gasteiger partial charge in [0.15, 0.2) is 0 Å². The lowest BCUT2D eigenvalue weighted by molar-refractivity contribution is -0.184. The van der Waals surface area contributed by atoms with E-state index in [1.54, 1.807) is 20.8 Å². The Labute approximate surface area is 154 Å². The van der Waals surface area contributed by atoms with Crippen LogP contribution in [0.15, 0.2) is 0 Å². The van der Waals surface area contributed by atoms with Gasteiger partial charge in [0.05, 0.1) is 19.8 Å². The van der Waals surface area contributed by atoms with Crippen LogP contribution >= 0.6 is 0 Å². The van der Waals surface area contributed by atoms with Crippen molar-refractivity contribution in [2.75, 3.05) is 26.4 Å². The van der Waals surface area contributed by atoms with E-state index in [2.05, 4.69) is 5.32 Å². The van der Waals surface area contributed by atoms with Gasteiger partial charge in [0.1, 0.15) is 0 Å². The highest BCUT2D eigenvalue weighted by Crippen LogP contribution is 2.31. The van der Waals surface area contributed by atoms with Crippen LogP contribution < -0.4 is 5.32 Å². The molecule has 1 amide bonds. The molecule has 0 aromatic carbocycles. The summed E-state index contributed by atoms with van der Waals surface area (Å²) in [5.41, 5.74) is -2.07. The summed E-state index contributed by atoms with van der Waals surface area (Å²) in [6.45, 7) is 5.56. The zero-order chi connectivity index (χ0) is 19.8. The van der Waals surface area contributed by atoms with Gasteiger partial charge in [0.2, 0.25) is 6.41 Å². The quantitative estimate of drug-likeness (QED) is 0.153. The minimum Gasteiger partial charge on any atom is -0.465 e. The number of carbonyl (C=O) groups excluding carboxylic acids is 4. The van der Waals surface area contributed by atoms with Crippen molar-refractivity contribution in [1.82, 2.24) is 5.32 Å². The number of amides is 1. The van der Waals surface area contributed by atoms with Crippen molar-refractivity contribution in [3.63, 3.8) is 0 Å². The predicted molar refractivity (Wildman–Crippen MR) is 94.1 cm³/mol. The second kappa shape index (κ2) is 14.1. The van der Waals surface area contributed by atoms with Crippen LogP contribution in [-0.2, 0) is 33.4 Å². The van der Waals surface area contributed by atoms with Crippen LogP contribution in [0.25, 0.3) is 0 Å². The van der Waals surface area contributed by atoms with Crippen LogP contribution in [0.1, 0.15) is 59.3 Å². The topological polar surface area (TPSA) is 108 Å². The average molecular weight is 373 g/mol. The molecule has 0 radical (unpaired) electrons. The van der Waals surface area contributed by atoms with Crippen molar-refractivity contribution >= 4 is 24.3 Å². The highest BCUT2D eigenvalue weighted by molar-refractivity contribution is 6.17. The molecular formula is C18H31NO7. The number of nitrogens with one attached hydrogen (secondary N) is 1. The molecule has 150 valence electrons. The van der Waals surface area contributed by atoms with Gasteiger partial charge in [-0.15, -0.1) is 0 Å². The SMILES string of the molecule is CCOC(=O)C(CCCCCCCNC=O)(C(=O)OCC)C(=O)OCC. The number of hydrogen-bond donors (Lipinski definition) is 1. The third-order valence-electron chi connectivity index (χ3n) is 3.83. The normalized spacial score (nSPS) is 10.7. The van der Waals surface area contributed by atoms with Crippen molar-refractivity contribution < 1.29 is 33.4 Å². The number of carbonyl (C=O) groups is 4. The van der Waals surface area contributed by atoms with Crippen LogP contribution in [0.2, 0.25) is 0 Å². The number of hydrogen-bond acceptors (Lipinski definition) is 7. The van der Waals surface area contributed by atoms with Crippen molar-refractivity contribution in [1.29, 1.82) is 0 Å². The van der Waals surface area contributed by atoms with Gasteiger partial charge < -0.3 is 19.5 Å². The van der Waals surface area contributed by atoms with Gasteiger partial charge in [-0.3, -0.25) is 19.2 Å². The van der Waals surface area contributed by atoms with E-state index in [4.69, 9.17) is 14.2 Å². The standard InChI is InChI=1S/C18H31NO7/c1-4-24-15(21)18(16(22)25-5-2,17(23)26-6-3)12-10-8-7-9-11-13-19-14-20/h14H,4-13H2,1-3H3,(H,19,20). The third-order valence-corrected chi connectivity index (χ3v) is 3.83. The predicted octanol–water partition coefficient (Wildman–Crippen LogP) is 1.75. The first-order valence-corrected chi connectivity index (χ1v) is 9.19. The molecule has 26 heavy (non-hydrogen) atoms. The number of ether oxygens (including phenoxy) is 3. The summed E-state index contributed by atoms with van der Waals surface area (Å²) in [5, 5.41) is 2.59. The fraction of sp³-hybridized carbons (Fsp3) is 0.778. The largest absolute Gasteiger partial charge is 0.465 e. The molecule has 0 aliphatic heterocycles. The van der Waals surface area contributed by atoms with E-state index in [-0.39, 0.29) is 26.2 Å². The number of esters is 3. The van der Waals surface area contributed by atoms with Gasteiger partial charge in [0, 0.05) is 6.54 Å². The lowest BCUT2D eigenvalue weighted by atomic mass is 9.82. The minimum absolute atomic E-state index is 0.0178. The zero-order valence-electron chi connectivity index (χ0n) is 16.0. The van der Waals surface area contributed by atoms with E-state index >= 15 is 0 Å². The highest BCUT2D eigenvalue weighted by Gasteiger charge is 2.56. The Morgan fingerprint density at radius 1 is 0.769 bits per heavy atom. The van der Waals surface area contributed by atoms with Gasteiger partial charge in [0.25, 0.3) is 5.41 Å².